The Morgan fingerprint density at radius 1 is 0.958 bits per heavy atom. The van der Waals surface area contributed by atoms with E-state index in [2.05, 4.69) is 43.4 Å². The molecule has 0 aromatic heterocycles. The van der Waals surface area contributed by atoms with Crippen LogP contribution in [0.3, 0.4) is 0 Å². The van der Waals surface area contributed by atoms with E-state index in [0.29, 0.717) is 19.1 Å². The molecule has 3 nitrogen and oxygen atoms in total. The van der Waals surface area contributed by atoms with Crippen LogP contribution in [0.5, 0.6) is 0 Å². The molecular weight excluding hydrogens is 298 g/mol. The smallest absolute Gasteiger partial charge is 0.407 e. The normalized spacial score (nSPS) is 10.6. The predicted octanol–water partition coefficient (Wildman–Crippen LogP) is 5.06. The summed E-state index contributed by atoms with van der Waals surface area (Å²) in [5.74, 6) is 0.574. The number of rotatable bonds is 8. The molecule has 0 fully saturated rings. The molecule has 2 aromatic carbocycles. The zero-order valence-corrected chi connectivity index (χ0v) is 14.6. The minimum absolute atomic E-state index is 0.314. The first-order valence-corrected chi connectivity index (χ1v) is 8.68. The van der Waals surface area contributed by atoms with Crippen LogP contribution in [0.25, 0.3) is 0 Å². The number of amides is 1. The van der Waals surface area contributed by atoms with Crippen molar-refractivity contribution in [3.05, 3.63) is 71.3 Å². The summed E-state index contributed by atoms with van der Waals surface area (Å²) in [4.78, 5) is 11.6. The molecule has 0 heterocycles. The van der Waals surface area contributed by atoms with E-state index >= 15 is 0 Å². The maximum absolute atomic E-state index is 11.6. The van der Waals surface area contributed by atoms with E-state index in [1.807, 2.05) is 30.3 Å². The summed E-state index contributed by atoms with van der Waals surface area (Å²) in [6.07, 6.45) is 2.70. The quantitative estimate of drug-likeness (QED) is 0.689. The van der Waals surface area contributed by atoms with Crippen molar-refractivity contribution in [2.45, 2.75) is 45.6 Å². The van der Waals surface area contributed by atoms with Crippen molar-refractivity contribution in [1.82, 2.24) is 5.32 Å². The molecule has 0 saturated carbocycles. The minimum atomic E-state index is -0.347. The van der Waals surface area contributed by atoms with E-state index in [0.717, 1.165) is 24.8 Å². The van der Waals surface area contributed by atoms with Gasteiger partial charge in [0.2, 0.25) is 0 Å². The van der Waals surface area contributed by atoms with Crippen LogP contribution in [-0.2, 0) is 17.8 Å². The van der Waals surface area contributed by atoms with Gasteiger partial charge < -0.3 is 10.1 Å². The van der Waals surface area contributed by atoms with Gasteiger partial charge >= 0.3 is 6.09 Å². The molecule has 0 atom stereocenters. The molecule has 0 aliphatic rings. The highest BCUT2D eigenvalue weighted by molar-refractivity contribution is 5.67. The molecule has 0 aliphatic heterocycles. The van der Waals surface area contributed by atoms with Gasteiger partial charge in [0.1, 0.15) is 6.61 Å². The lowest BCUT2D eigenvalue weighted by Crippen LogP contribution is -2.25. The maximum Gasteiger partial charge on any atom is 0.407 e. The first-order chi connectivity index (χ1) is 11.6. The number of ether oxygens (including phenoxy) is 1. The Balaban J connectivity index is 1.56. The van der Waals surface area contributed by atoms with Gasteiger partial charge in [0.25, 0.3) is 0 Å². The van der Waals surface area contributed by atoms with Crippen molar-refractivity contribution in [2.24, 2.45) is 0 Å². The second kappa shape index (κ2) is 9.76. The molecular formula is C21H27NO2. The lowest BCUT2D eigenvalue weighted by atomic mass is 10.00. The molecule has 2 aromatic rings. The molecule has 0 saturated heterocycles. The number of alkyl carbamates (subject to hydrolysis) is 1. The second-order valence-corrected chi connectivity index (χ2v) is 6.34. The lowest BCUT2D eigenvalue weighted by molar-refractivity contribution is 0.139. The molecule has 0 bridgehead atoms. The molecule has 2 rings (SSSR count). The van der Waals surface area contributed by atoms with E-state index < -0.39 is 0 Å². The largest absolute Gasteiger partial charge is 0.445 e. The van der Waals surface area contributed by atoms with Gasteiger partial charge in [-0.15, -0.1) is 0 Å². The standard InChI is InChI=1S/C21H27NO2/c1-17(2)20-13-11-18(12-14-20)8-6-7-15-22-21(23)24-16-19-9-4-3-5-10-19/h3-5,9-14,17H,6-8,15-16H2,1-2H3,(H,22,23). The summed E-state index contributed by atoms with van der Waals surface area (Å²) in [7, 11) is 0. The highest BCUT2D eigenvalue weighted by Crippen LogP contribution is 2.15. The molecule has 0 radical (unpaired) electrons. The molecule has 1 N–H and O–H groups in total. The Morgan fingerprint density at radius 2 is 1.67 bits per heavy atom. The van der Waals surface area contributed by atoms with Crippen LogP contribution >= 0.6 is 0 Å². The molecule has 24 heavy (non-hydrogen) atoms. The Morgan fingerprint density at radius 3 is 2.33 bits per heavy atom. The van der Waals surface area contributed by atoms with Crippen molar-refractivity contribution >= 4 is 6.09 Å². The van der Waals surface area contributed by atoms with Crippen LogP contribution in [0.15, 0.2) is 54.6 Å². The molecule has 0 aliphatic carbocycles. The molecule has 128 valence electrons. The van der Waals surface area contributed by atoms with Crippen molar-refractivity contribution < 1.29 is 9.53 Å². The summed E-state index contributed by atoms with van der Waals surface area (Å²) in [6.45, 7) is 5.38. The maximum atomic E-state index is 11.6. The average molecular weight is 325 g/mol. The van der Waals surface area contributed by atoms with Crippen molar-refractivity contribution in [3.8, 4) is 0 Å². The summed E-state index contributed by atoms with van der Waals surface area (Å²) >= 11 is 0. The van der Waals surface area contributed by atoms with Gasteiger partial charge in [-0.3, -0.25) is 0 Å². The SMILES string of the molecule is CC(C)c1ccc(CCCCNC(=O)OCc2ccccc2)cc1. The number of hydrogen-bond donors (Lipinski definition) is 1. The van der Waals surface area contributed by atoms with Crippen LogP contribution in [0.1, 0.15) is 49.3 Å². The summed E-state index contributed by atoms with van der Waals surface area (Å²) in [6, 6.07) is 18.5. The van der Waals surface area contributed by atoms with E-state index in [1.165, 1.54) is 11.1 Å². The summed E-state index contributed by atoms with van der Waals surface area (Å²) < 4.78 is 5.18. The zero-order valence-electron chi connectivity index (χ0n) is 14.6. The van der Waals surface area contributed by atoms with Crippen molar-refractivity contribution in [2.75, 3.05) is 6.54 Å². The van der Waals surface area contributed by atoms with Crippen molar-refractivity contribution in [3.63, 3.8) is 0 Å². The van der Waals surface area contributed by atoms with E-state index in [1.54, 1.807) is 0 Å². The highest BCUT2D eigenvalue weighted by Gasteiger charge is 2.02. The third kappa shape index (κ3) is 6.45. The van der Waals surface area contributed by atoms with Crippen molar-refractivity contribution in [1.29, 1.82) is 0 Å². The minimum Gasteiger partial charge on any atom is -0.445 e. The monoisotopic (exact) mass is 325 g/mol. The van der Waals surface area contributed by atoms with Gasteiger partial charge in [0.15, 0.2) is 0 Å². The third-order valence-electron chi connectivity index (χ3n) is 4.02. The predicted molar refractivity (Wildman–Crippen MR) is 98.1 cm³/mol. The number of carbonyl (C=O) groups excluding carboxylic acids is 1. The van der Waals surface area contributed by atoms with Crippen LogP contribution in [0.2, 0.25) is 0 Å². The van der Waals surface area contributed by atoms with Gasteiger partial charge in [0.05, 0.1) is 0 Å². The van der Waals surface area contributed by atoms with Crippen LogP contribution in [-0.4, -0.2) is 12.6 Å². The van der Waals surface area contributed by atoms with Crippen LogP contribution in [0, 0.1) is 0 Å². The number of benzene rings is 2. The number of nitrogens with one attached hydrogen (secondary N) is 1. The average Bonchev–Trinajstić information content (AvgIpc) is 2.61. The fourth-order valence-corrected chi connectivity index (χ4v) is 2.49. The number of hydrogen-bond acceptors (Lipinski definition) is 2. The topological polar surface area (TPSA) is 38.3 Å². The zero-order chi connectivity index (χ0) is 17.2. The van der Waals surface area contributed by atoms with Crippen LogP contribution in [0.4, 0.5) is 4.79 Å². The lowest BCUT2D eigenvalue weighted by Gasteiger charge is -2.08. The first-order valence-electron chi connectivity index (χ1n) is 8.68. The van der Waals surface area contributed by atoms with Gasteiger partial charge in [-0.2, -0.15) is 0 Å². The van der Waals surface area contributed by atoms with Gasteiger partial charge in [-0.25, -0.2) is 4.79 Å². The Kier molecular flexibility index (Phi) is 7.34. The summed E-state index contributed by atoms with van der Waals surface area (Å²) in [5.41, 5.74) is 3.73. The van der Waals surface area contributed by atoms with Gasteiger partial charge in [0, 0.05) is 6.54 Å². The Hall–Kier alpha value is -2.29. The first kappa shape index (κ1) is 18.1. The van der Waals surface area contributed by atoms with Gasteiger partial charge in [-0.1, -0.05) is 68.4 Å². The molecule has 0 spiro atoms. The Bertz CT molecular complexity index is 605. The molecule has 1 amide bonds. The van der Waals surface area contributed by atoms with Gasteiger partial charge in [-0.05, 0) is 41.9 Å². The van der Waals surface area contributed by atoms with Crippen LogP contribution < -0.4 is 5.32 Å². The second-order valence-electron chi connectivity index (χ2n) is 6.34. The number of aryl methyl sites for hydroxylation is 1. The van der Waals surface area contributed by atoms with E-state index in [4.69, 9.17) is 4.74 Å². The Labute approximate surface area is 145 Å². The fraction of sp³-hybridized carbons (Fsp3) is 0.381. The molecule has 0 unspecified atom stereocenters. The summed E-state index contributed by atoms with van der Waals surface area (Å²) in [5, 5.41) is 2.80. The molecule has 3 heteroatoms. The van der Waals surface area contributed by atoms with E-state index in [9.17, 15) is 4.79 Å². The fourth-order valence-electron chi connectivity index (χ4n) is 2.49. The number of unbranched alkanes of at least 4 members (excludes halogenated alkanes) is 1. The highest BCUT2D eigenvalue weighted by atomic mass is 16.5. The number of carbonyl (C=O) groups is 1. The third-order valence-corrected chi connectivity index (χ3v) is 4.02. The van der Waals surface area contributed by atoms with E-state index in [-0.39, 0.29) is 6.09 Å².